The zero-order valence-corrected chi connectivity index (χ0v) is 26.0. The summed E-state index contributed by atoms with van der Waals surface area (Å²) in [6.07, 6.45) is -5.80. The molecule has 17 nitrogen and oxygen atoms in total. The van der Waals surface area contributed by atoms with Crippen molar-refractivity contribution in [3.8, 4) is 0 Å². The SMILES string of the molecule is CN[C@@H]1[C@@H](O)[C@@H](O[C@H]2[C@H](CC(=O)[C@@H](O)CCN=C(N)N)C[C@H](N)C(O[C@H]3OC(CN)=CC[C@H]3NC3CNC3)[C@@H]2O)OC[C@]1(C)O. The Morgan fingerprint density at radius 1 is 1.22 bits per heavy atom. The molecule has 1 saturated carbocycles. The van der Waals surface area contributed by atoms with Crippen molar-refractivity contribution in [1.29, 1.82) is 0 Å². The van der Waals surface area contributed by atoms with E-state index < -0.39 is 72.5 Å². The van der Waals surface area contributed by atoms with Gasteiger partial charge in [-0.25, -0.2) is 0 Å². The number of ketones is 1. The van der Waals surface area contributed by atoms with Crippen LogP contribution in [0.2, 0.25) is 0 Å². The van der Waals surface area contributed by atoms with E-state index >= 15 is 0 Å². The first-order valence-corrected chi connectivity index (χ1v) is 15.6. The lowest BCUT2D eigenvalue weighted by Gasteiger charge is -2.49. The zero-order valence-electron chi connectivity index (χ0n) is 26.0. The Kier molecular flexibility index (Phi) is 12.5. The number of aliphatic imine (C=N–C) groups is 1. The molecule has 1 aliphatic carbocycles. The van der Waals surface area contributed by atoms with Gasteiger partial charge in [0.1, 0.15) is 35.8 Å². The third-order valence-corrected chi connectivity index (χ3v) is 9.02. The van der Waals surface area contributed by atoms with Crippen LogP contribution in [0.25, 0.3) is 0 Å². The van der Waals surface area contributed by atoms with E-state index in [9.17, 15) is 25.2 Å². The van der Waals surface area contributed by atoms with Crippen LogP contribution >= 0.6 is 0 Å². The molecule has 3 heterocycles. The molecule has 0 bridgehead atoms. The lowest BCUT2D eigenvalue weighted by Crippen LogP contribution is -2.67. The molecule has 0 aromatic heterocycles. The van der Waals surface area contributed by atoms with E-state index in [0.29, 0.717) is 12.2 Å². The maximum atomic E-state index is 13.1. The van der Waals surface area contributed by atoms with Crippen LogP contribution in [0.15, 0.2) is 16.8 Å². The van der Waals surface area contributed by atoms with Gasteiger partial charge in [0.2, 0.25) is 6.29 Å². The third-order valence-electron chi connectivity index (χ3n) is 9.02. The predicted octanol–water partition coefficient (Wildman–Crippen LogP) is -4.98. The molecule has 12 atom stereocenters. The molecule has 4 rings (SSSR count). The number of Topliss-reactive ketones (excluding diaryl/α,β-unsaturated/α-hetero) is 1. The smallest absolute Gasteiger partial charge is 0.215 e. The van der Waals surface area contributed by atoms with Gasteiger partial charge in [0, 0.05) is 44.6 Å². The average Bonchev–Trinajstić information content (AvgIpc) is 2.96. The van der Waals surface area contributed by atoms with Crippen LogP contribution in [0.5, 0.6) is 0 Å². The van der Waals surface area contributed by atoms with Gasteiger partial charge < -0.3 is 78.3 Å². The number of nitrogens with one attached hydrogen (secondary N) is 3. The van der Waals surface area contributed by atoms with Crippen molar-refractivity contribution in [3.63, 3.8) is 0 Å². The average molecular weight is 645 g/mol. The van der Waals surface area contributed by atoms with E-state index in [0.717, 1.165) is 13.1 Å². The van der Waals surface area contributed by atoms with E-state index in [-0.39, 0.29) is 57.0 Å². The van der Waals surface area contributed by atoms with Gasteiger partial charge in [0.05, 0.1) is 31.3 Å². The summed E-state index contributed by atoms with van der Waals surface area (Å²) in [5.41, 5.74) is 21.7. The van der Waals surface area contributed by atoms with Crippen LogP contribution in [0.3, 0.4) is 0 Å². The molecule has 0 aromatic rings. The maximum Gasteiger partial charge on any atom is 0.215 e. The van der Waals surface area contributed by atoms with Gasteiger partial charge in [-0.3, -0.25) is 9.79 Å². The fourth-order valence-corrected chi connectivity index (χ4v) is 6.42. The Morgan fingerprint density at radius 2 is 1.93 bits per heavy atom. The molecule has 3 aliphatic heterocycles. The third kappa shape index (κ3) is 8.88. The molecule has 258 valence electrons. The summed E-state index contributed by atoms with van der Waals surface area (Å²) in [6.45, 7) is 3.19. The van der Waals surface area contributed by atoms with Crippen LogP contribution < -0.4 is 38.9 Å². The molecule has 45 heavy (non-hydrogen) atoms. The summed E-state index contributed by atoms with van der Waals surface area (Å²) in [5, 5.41) is 53.7. The molecular weight excluding hydrogens is 592 g/mol. The van der Waals surface area contributed by atoms with Crippen molar-refractivity contribution < 1.29 is 44.2 Å². The molecule has 4 aliphatic rings. The number of carbonyl (C=O) groups is 1. The first-order chi connectivity index (χ1) is 21.3. The largest absolute Gasteiger partial charge is 0.467 e. The second kappa shape index (κ2) is 15.7. The highest BCUT2D eigenvalue weighted by atomic mass is 16.7. The lowest BCUT2D eigenvalue weighted by molar-refractivity contribution is -0.308. The van der Waals surface area contributed by atoms with Crippen LogP contribution in [-0.4, -0.2) is 145 Å². The predicted molar refractivity (Wildman–Crippen MR) is 162 cm³/mol. The molecule has 0 spiro atoms. The molecular formula is C28H52N8O9. The molecule has 0 aromatic carbocycles. The van der Waals surface area contributed by atoms with E-state index in [1.54, 1.807) is 7.05 Å². The van der Waals surface area contributed by atoms with Gasteiger partial charge in [-0.1, -0.05) is 0 Å². The highest BCUT2D eigenvalue weighted by Gasteiger charge is 2.52. The van der Waals surface area contributed by atoms with E-state index in [1.165, 1.54) is 6.92 Å². The summed E-state index contributed by atoms with van der Waals surface area (Å²) >= 11 is 0. The minimum absolute atomic E-state index is 0.000379. The van der Waals surface area contributed by atoms with Crippen LogP contribution in [0.1, 0.15) is 32.6 Å². The maximum absolute atomic E-state index is 13.1. The number of likely N-dealkylation sites (N-methyl/N-ethyl adjacent to an activating group) is 1. The van der Waals surface area contributed by atoms with Crippen molar-refractivity contribution in [1.82, 2.24) is 16.0 Å². The fourth-order valence-electron chi connectivity index (χ4n) is 6.42. The van der Waals surface area contributed by atoms with Gasteiger partial charge in [-0.05, 0) is 38.8 Å². The number of guanidine groups is 1. The van der Waals surface area contributed by atoms with Gasteiger partial charge >= 0.3 is 0 Å². The number of nitrogens with two attached hydrogens (primary N) is 4. The highest BCUT2D eigenvalue weighted by molar-refractivity contribution is 5.83. The van der Waals surface area contributed by atoms with Gasteiger partial charge in [0.15, 0.2) is 18.0 Å². The first-order valence-electron chi connectivity index (χ1n) is 15.6. The molecule has 3 fully saturated rings. The first kappa shape index (κ1) is 35.8. The molecule has 2 saturated heterocycles. The number of nitrogens with zero attached hydrogens (tertiary/aromatic N) is 1. The number of hydrogen-bond donors (Lipinski definition) is 11. The second-order valence-electron chi connectivity index (χ2n) is 12.7. The fraction of sp³-hybridized carbons (Fsp3) is 0.857. The minimum Gasteiger partial charge on any atom is -0.467 e. The number of carbonyl (C=O) groups excluding carboxylic acids is 1. The number of aliphatic hydroxyl groups excluding tert-OH is 3. The van der Waals surface area contributed by atoms with Crippen molar-refractivity contribution in [3.05, 3.63) is 11.8 Å². The Morgan fingerprint density at radius 3 is 2.56 bits per heavy atom. The van der Waals surface area contributed by atoms with Crippen molar-refractivity contribution in [2.45, 2.75) is 105 Å². The quantitative estimate of drug-likeness (QED) is 0.0623. The molecule has 17 heteroatoms. The molecule has 0 radical (unpaired) electrons. The monoisotopic (exact) mass is 644 g/mol. The van der Waals surface area contributed by atoms with Crippen LogP contribution in [-0.2, 0) is 23.7 Å². The van der Waals surface area contributed by atoms with E-state index in [4.69, 9.17) is 41.9 Å². The number of hydrogen-bond acceptors (Lipinski definition) is 15. The van der Waals surface area contributed by atoms with Crippen LogP contribution in [0, 0.1) is 5.92 Å². The molecule has 0 amide bonds. The zero-order chi connectivity index (χ0) is 32.9. The van der Waals surface area contributed by atoms with Crippen molar-refractivity contribution in [2.75, 3.05) is 39.8 Å². The molecule has 1 unspecified atom stereocenters. The van der Waals surface area contributed by atoms with Crippen molar-refractivity contribution in [2.24, 2.45) is 33.8 Å². The summed E-state index contributed by atoms with van der Waals surface area (Å²) in [5.74, 6) is -0.795. The number of aliphatic hydroxyl groups is 4. The van der Waals surface area contributed by atoms with Gasteiger partial charge in [0.25, 0.3) is 0 Å². The topological polar surface area (TPSA) is 287 Å². The Balaban J connectivity index is 1.53. The Hall–Kier alpha value is -2.00. The van der Waals surface area contributed by atoms with Gasteiger partial charge in [-0.2, -0.15) is 0 Å². The normalized spacial score (nSPS) is 39.7. The number of rotatable bonds is 14. The lowest BCUT2D eigenvalue weighted by atomic mass is 9.76. The second-order valence-corrected chi connectivity index (χ2v) is 12.7. The highest BCUT2D eigenvalue weighted by Crippen LogP contribution is 2.36. The van der Waals surface area contributed by atoms with Crippen LogP contribution in [0.4, 0.5) is 0 Å². The Labute approximate surface area is 263 Å². The Bertz CT molecular complexity index is 1040. The number of ether oxygens (including phenoxy) is 4. The minimum atomic E-state index is -1.40. The summed E-state index contributed by atoms with van der Waals surface area (Å²) in [6, 6.07) is -1.57. The summed E-state index contributed by atoms with van der Waals surface area (Å²) in [4.78, 5) is 16.9. The standard InChI is InChI=1S/C28H52N8O9/c1-28(41)12-42-26(21(40)24(28)33-2)44-22-13(8-19(38)18(37)5-6-35-27(31)32)7-16(30)23(20(22)39)45-25-17(36-14-10-34-11-14)4-3-15(9-29)43-25/h3,13-14,16-18,20-26,33-34,36-37,39-41H,4-12,29-30H2,1-2H3,(H4,31,32,35)/t13-,16-,17+,18-,20+,21+,22-,23?,24+,25+,26+,28-/m0/s1. The van der Waals surface area contributed by atoms with E-state index in [1.807, 2.05) is 6.08 Å². The summed E-state index contributed by atoms with van der Waals surface area (Å²) < 4.78 is 24.4. The summed E-state index contributed by atoms with van der Waals surface area (Å²) in [7, 11) is 1.59. The van der Waals surface area contributed by atoms with Gasteiger partial charge in [-0.15, -0.1) is 0 Å². The van der Waals surface area contributed by atoms with Crippen molar-refractivity contribution >= 4 is 11.7 Å². The van der Waals surface area contributed by atoms with E-state index in [2.05, 4.69) is 20.9 Å². The molecule has 15 N–H and O–H groups in total.